The molecule has 1 radical (unpaired) electrons. The number of aliphatic imine (C=N–C) groups is 1. The maximum Gasteiger partial charge on any atom is 0.0834 e. The predicted octanol–water partition coefficient (Wildman–Crippen LogP) is 1.98. The molecule has 0 amide bonds. The van der Waals surface area contributed by atoms with Gasteiger partial charge in [0, 0.05) is 0 Å². The highest BCUT2D eigenvalue weighted by atomic mass is 14.8. The SMILES string of the molecule is [C]1=NC2CCCC=C2C=C1. The Morgan fingerprint density at radius 2 is 2.60 bits per heavy atom. The second-order valence-corrected chi connectivity index (χ2v) is 2.74. The molecule has 1 aliphatic carbocycles. The largest absolute Gasteiger partial charge is 0.275 e. The molecular formula is C9H10N. The molecule has 1 atom stereocenters. The Morgan fingerprint density at radius 3 is 3.50 bits per heavy atom. The van der Waals surface area contributed by atoms with E-state index in [1.165, 1.54) is 24.8 Å². The van der Waals surface area contributed by atoms with Gasteiger partial charge in [-0.3, -0.25) is 4.99 Å². The van der Waals surface area contributed by atoms with Gasteiger partial charge >= 0.3 is 0 Å². The van der Waals surface area contributed by atoms with Crippen molar-refractivity contribution in [2.75, 3.05) is 0 Å². The quantitative estimate of drug-likeness (QED) is 0.478. The standard InChI is InChI=1S/C9H10N/c1-2-6-9-8(4-1)5-3-7-10-9/h3-5,9H,1-2,6H2. The van der Waals surface area contributed by atoms with Gasteiger partial charge in [-0.2, -0.15) is 0 Å². The molecule has 51 valence electrons. The fourth-order valence-corrected chi connectivity index (χ4v) is 1.47. The smallest absolute Gasteiger partial charge is 0.0834 e. The van der Waals surface area contributed by atoms with Gasteiger partial charge in [0.2, 0.25) is 0 Å². The van der Waals surface area contributed by atoms with E-state index in [2.05, 4.69) is 23.4 Å². The number of dihydropyridines is 1. The lowest BCUT2D eigenvalue weighted by Gasteiger charge is -2.19. The summed E-state index contributed by atoms with van der Waals surface area (Å²) in [4.78, 5) is 4.25. The van der Waals surface area contributed by atoms with E-state index in [0.29, 0.717) is 6.04 Å². The molecule has 0 aromatic heterocycles. The lowest BCUT2D eigenvalue weighted by molar-refractivity contribution is 0.627. The van der Waals surface area contributed by atoms with Gasteiger partial charge in [0.25, 0.3) is 0 Å². The van der Waals surface area contributed by atoms with E-state index < -0.39 is 0 Å². The van der Waals surface area contributed by atoms with Crippen LogP contribution in [0.3, 0.4) is 0 Å². The molecule has 2 aliphatic rings. The normalized spacial score (nSPS) is 29.6. The number of rotatable bonds is 0. The van der Waals surface area contributed by atoms with Crippen LogP contribution in [0.25, 0.3) is 0 Å². The molecule has 0 N–H and O–H groups in total. The molecule has 2 rings (SSSR count). The molecule has 1 heterocycles. The van der Waals surface area contributed by atoms with E-state index in [9.17, 15) is 0 Å². The Morgan fingerprint density at radius 1 is 1.60 bits per heavy atom. The molecule has 0 aromatic carbocycles. The van der Waals surface area contributed by atoms with E-state index in [4.69, 9.17) is 0 Å². The summed E-state index contributed by atoms with van der Waals surface area (Å²) in [7, 11) is 0. The lowest BCUT2D eigenvalue weighted by atomic mass is 9.93. The van der Waals surface area contributed by atoms with Crippen molar-refractivity contribution in [3.63, 3.8) is 0 Å². The zero-order chi connectivity index (χ0) is 6.81. The summed E-state index contributed by atoms with van der Waals surface area (Å²) in [6.45, 7) is 0. The van der Waals surface area contributed by atoms with Gasteiger partial charge in [-0.15, -0.1) is 0 Å². The van der Waals surface area contributed by atoms with Crippen LogP contribution >= 0.6 is 0 Å². The average Bonchev–Trinajstić information content (AvgIpc) is 2.05. The zero-order valence-corrected chi connectivity index (χ0v) is 5.88. The molecule has 1 unspecified atom stereocenters. The topological polar surface area (TPSA) is 12.4 Å². The molecule has 1 heteroatoms. The fourth-order valence-electron chi connectivity index (χ4n) is 1.47. The van der Waals surface area contributed by atoms with Crippen LogP contribution in [0.15, 0.2) is 28.8 Å². The summed E-state index contributed by atoms with van der Waals surface area (Å²) >= 11 is 0. The first-order chi connectivity index (χ1) is 4.97. The number of hydrogen-bond donors (Lipinski definition) is 0. The Hall–Kier alpha value is -0.850. The maximum atomic E-state index is 4.25. The van der Waals surface area contributed by atoms with Gasteiger partial charge in [-0.05, 0) is 30.9 Å². The highest BCUT2D eigenvalue weighted by Gasteiger charge is 2.14. The number of allylic oxidation sites excluding steroid dienone is 2. The molecule has 0 fully saturated rings. The third kappa shape index (κ3) is 0.919. The molecule has 1 nitrogen and oxygen atoms in total. The van der Waals surface area contributed by atoms with Crippen LogP contribution in [0.4, 0.5) is 0 Å². The first-order valence-electron chi connectivity index (χ1n) is 3.79. The minimum absolute atomic E-state index is 0.443. The van der Waals surface area contributed by atoms with E-state index >= 15 is 0 Å². The molecule has 0 spiro atoms. The van der Waals surface area contributed by atoms with Crippen molar-refractivity contribution >= 4 is 6.21 Å². The van der Waals surface area contributed by atoms with Crippen LogP contribution in [0.5, 0.6) is 0 Å². The van der Waals surface area contributed by atoms with E-state index in [1.807, 2.05) is 6.08 Å². The van der Waals surface area contributed by atoms with Gasteiger partial charge in [0.15, 0.2) is 0 Å². The highest BCUT2D eigenvalue weighted by molar-refractivity contribution is 5.74. The summed E-state index contributed by atoms with van der Waals surface area (Å²) in [5.74, 6) is 0. The van der Waals surface area contributed by atoms with Crippen molar-refractivity contribution in [2.24, 2.45) is 4.99 Å². The third-order valence-electron chi connectivity index (χ3n) is 2.03. The maximum absolute atomic E-state index is 4.25. The summed E-state index contributed by atoms with van der Waals surface area (Å²) in [6, 6.07) is 0.443. The van der Waals surface area contributed by atoms with Gasteiger partial charge in [0.05, 0.1) is 12.3 Å². The van der Waals surface area contributed by atoms with E-state index in [-0.39, 0.29) is 0 Å². The van der Waals surface area contributed by atoms with Crippen LogP contribution in [-0.4, -0.2) is 12.3 Å². The second kappa shape index (κ2) is 2.41. The van der Waals surface area contributed by atoms with Crippen molar-refractivity contribution in [3.05, 3.63) is 23.8 Å². The van der Waals surface area contributed by atoms with Crippen LogP contribution in [0.1, 0.15) is 19.3 Å². The summed E-state index contributed by atoms with van der Waals surface area (Å²) in [5.41, 5.74) is 1.39. The van der Waals surface area contributed by atoms with Crippen molar-refractivity contribution in [1.29, 1.82) is 0 Å². The Kier molecular flexibility index (Phi) is 1.42. The van der Waals surface area contributed by atoms with Crippen molar-refractivity contribution in [1.82, 2.24) is 0 Å². The van der Waals surface area contributed by atoms with Crippen LogP contribution in [0.2, 0.25) is 0 Å². The minimum atomic E-state index is 0.443. The van der Waals surface area contributed by atoms with Crippen LogP contribution in [-0.2, 0) is 0 Å². The number of fused-ring (bicyclic) bond motifs is 1. The van der Waals surface area contributed by atoms with Gasteiger partial charge < -0.3 is 0 Å². The summed E-state index contributed by atoms with van der Waals surface area (Å²) < 4.78 is 0. The van der Waals surface area contributed by atoms with Gasteiger partial charge in [-0.1, -0.05) is 12.2 Å². The lowest BCUT2D eigenvalue weighted by Crippen LogP contribution is -2.12. The van der Waals surface area contributed by atoms with E-state index in [0.717, 1.165) is 0 Å². The summed E-state index contributed by atoms with van der Waals surface area (Å²) in [6.07, 6.45) is 12.9. The monoisotopic (exact) mass is 132 g/mol. The molecule has 0 saturated heterocycles. The molecule has 10 heavy (non-hydrogen) atoms. The molecule has 1 aliphatic heterocycles. The fraction of sp³-hybridized carbons (Fsp3) is 0.444. The molecule has 0 saturated carbocycles. The van der Waals surface area contributed by atoms with Gasteiger partial charge in [-0.25, -0.2) is 0 Å². The first kappa shape index (κ1) is 5.90. The third-order valence-corrected chi connectivity index (χ3v) is 2.03. The number of hydrogen-bond acceptors (Lipinski definition) is 1. The highest BCUT2D eigenvalue weighted by Crippen LogP contribution is 2.23. The predicted molar refractivity (Wildman–Crippen MR) is 42.3 cm³/mol. The molecular weight excluding hydrogens is 122 g/mol. The number of nitrogens with zero attached hydrogens (tertiary/aromatic N) is 1. The van der Waals surface area contributed by atoms with Crippen LogP contribution in [0, 0.1) is 0 Å². The van der Waals surface area contributed by atoms with Crippen LogP contribution < -0.4 is 0 Å². The Balaban J connectivity index is 2.27. The Bertz CT molecular complexity index is 211. The van der Waals surface area contributed by atoms with Gasteiger partial charge in [0.1, 0.15) is 0 Å². The van der Waals surface area contributed by atoms with Crippen molar-refractivity contribution < 1.29 is 0 Å². The zero-order valence-electron chi connectivity index (χ0n) is 5.88. The first-order valence-corrected chi connectivity index (χ1v) is 3.79. The Labute approximate surface area is 61.2 Å². The average molecular weight is 132 g/mol. The van der Waals surface area contributed by atoms with Crippen molar-refractivity contribution in [3.8, 4) is 0 Å². The molecule has 0 bridgehead atoms. The minimum Gasteiger partial charge on any atom is -0.275 e. The van der Waals surface area contributed by atoms with E-state index in [1.54, 1.807) is 0 Å². The van der Waals surface area contributed by atoms with Crippen molar-refractivity contribution in [2.45, 2.75) is 25.3 Å². The summed E-state index contributed by atoms with van der Waals surface area (Å²) in [5, 5.41) is 0. The second-order valence-electron chi connectivity index (χ2n) is 2.74. The molecule has 0 aromatic rings.